The van der Waals surface area contributed by atoms with Gasteiger partial charge in [0.2, 0.25) is 11.8 Å². The smallest absolute Gasteiger partial charge is 0.248 e. The highest BCUT2D eigenvalue weighted by atomic mass is 16.5. The fourth-order valence-electron chi connectivity index (χ4n) is 4.32. The average Bonchev–Trinajstić information content (AvgIpc) is 2.76. The van der Waals surface area contributed by atoms with E-state index in [1.54, 1.807) is 33.1 Å². The van der Waals surface area contributed by atoms with E-state index in [1.807, 2.05) is 24.3 Å². The molecule has 6 nitrogen and oxygen atoms in total. The van der Waals surface area contributed by atoms with E-state index in [2.05, 4.69) is 33.0 Å². The van der Waals surface area contributed by atoms with Crippen LogP contribution < -0.4 is 15.8 Å². The number of carbonyl (C=O) groups excluding carboxylic acids is 2. The fourth-order valence-corrected chi connectivity index (χ4v) is 4.32. The Kier molecular flexibility index (Phi) is 9.50. The van der Waals surface area contributed by atoms with E-state index < -0.39 is 11.5 Å². The summed E-state index contributed by atoms with van der Waals surface area (Å²) >= 11 is 0. The summed E-state index contributed by atoms with van der Waals surface area (Å²) in [7, 11) is 1.61. The van der Waals surface area contributed by atoms with Crippen molar-refractivity contribution in [2.45, 2.75) is 90.6 Å². The van der Waals surface area contributed by atoms with Crippen LogP contribution in [0.3, 0.4) is 0 Å². The van der Waals surface area contributed by atoms with Crippen LogP contribution in [0.5, 0.6) is 5.75 Å². The molecule has 2 amide bonds. The number of rotatable bonds is 11. The summed E-state index contributed by atoms with van der Waals surface area (Å²) in [5.74, 6) is -0.0444. The topological polar surface area (TPSA) is 102 Å². The molecule has 0 fully saturated rings. The minimum Gasteiger partial charge on any atom is -0.496 e. The summed E-state index contributed by atoms with van der Waals surface area (Å²) in [6.45, 7) is 11.8. The number of unbranched alkanes of at least 4 members (excludes halogenated alkanes) is 2. The minimum absolute atomic E-state index is 0.0511. The number of hydrogen-bond acceptors (Lipinski definition) is 4. The predicted molar refractivity (Wildman–Crippen MR) is 142 cm³/mol. The number of ether oxygens (including phenoxy) is 1. The summed E-state index contributed by atoms with van der Waals surface area (Å²) < 4.78 is 5.68. The van der Waals surface area contributed by atoms with Crippen LogP contribution >= 0.6 is 0 Å². The third-order valence-corrected chi connectivity index (χ3v) is 6.35. The number of nitrogens with two attached hydrogens (primary N) is 1. The summed E-state index contributed by atoms with van der Waals surface area (Å²) in [6.07, 6.45) is 4.27. The first kappa shape index (κ1) is 28.4. The van der Waals surface area contributed by atoms with Crippen molar-refractivity contribution < 1.29 is 19.4 Å². The summed E-state index contributed by atoms with van der Waals surface area (Å²) in [6, 6.07) is 10.9. The van der Waals surface area contributed by atoms with Crippen LogP contribution in [-0.2, 0) is 15.8 Å². The van der Waals surface area contributed by atoms with E-state index in [1.165, 1.54) is 0 Å². The van der Waals surface area contributed by atoms with Crippen molar-refractivity contribution in [1.82, 2.24) is 0 Å². The van der Waals surface area contributed by atoms with E-state index in [-0.39, 0.29) is 23.7 Å². The van der Waals surface area contributed by atoms with E-state index >= 15 is 0 Å². The lowest BCUT2D eigenvalue weighted by Gasteiger charge is -2.25. The van der Waals surface area contributed by atoms with E-state index in [0.717, 1.165) is 42.4 Å². The van der Waals surface area contributed by atoms with E-state index in [9.17, 15) is 14.7 Å². The normalized spacial score (nSPS) is 12.8. The third kappa shape index (κ3) is 7.82. The Labute approximate surface area is 210 Å². The number of benzene rings is 2. The van der Waals surface area contributed by atoms with Crippen molar-refractivity contribution in [3.05, 3.63) is 58.7 Å². The second-order valence-corrected chi connectivity index (χ2v) is 10.8. The predicted octanol–water partition coefficient (Wildman–Crippen LogP) is 6.01. The van der Waals surface area contributed by atoms with Crippen LogP contribution in [0, 0.1) is 0 Å². The molecule has 1 atom stereocenters. The Balaban J connectivity index is 2.38. The van der Waals surface area contributed by atoms with Gasteiger partial charge in [-0.15, -0.1) is 0 Å². The molecule has 35 heavy (non-hydrogen) atoms. The molecular formula is C29H42N2O4. The molecule has 1 unspecified atom stereocenters. The van der Waals surface area contributed by atoms with Gasteiger partial charge in [0.05, 0.1) is 12.7 Å². The zero-order valence-electron chi connectivity index (χ0n) is 22.3. The van der Waals surface area contributed by atoms with Gasteiger partial charge in [-0.05, 0) is 66.5 Å². The largest absolute Gasteiger partial charge is 0.496 e. The first-order chi connectivity index (χ1) is 16.3. The minimum atomic E-state index is -0.990. The molecule has 192 valence electrons. The van der Waals surface area contributed by atoms with Crippen molar-refractivity contribution >= 4 is 17.5 Å². The summed E-state index contributed by atoms with van der Waals surface area (Å²) in [4.78, 5) is 25.1. The molecule has 0 saturated heterocycles. The quantitative estimate of drug-likeness (QED) is 0.341. The Morgan fingerprint density at radius 2 is 1.74 bits per heavy atom. The molecular weight excluding hydrogens is 440 g/mol. The third-order valence-electron chi connectivity index (χ3n) is 6.35. The molecule has 0 heterocycles. The molecule has 2 aromatic rings. The van der Waals surface area contributed by atoms with Crippen molar-refractivity contribution in [3.63, 3.8) is 0 Å². The number of hydrogen-bond donors (Lipinski definition) is 3. The van der Waals surface area contributed by atoms with Crippen LogP contribution in [0.25, 0.3) is 0 Å². The van der Waals surface area contributed by atoms with Crippen molar-refractivity contribution in [1.29, 1.82) is 0 Å². The lowest BCUT2D eigenvalue weighted by atomic mass is 9.84. The molecule has 6 heteroatoms. The maximum absolute atomic E-state index is 13.3. The van der Waals surface area contributed by atoms with Crippen molar-refractivity contribution in [3.8, 4) is 5.75 Å². The SMILES string of the molecule is CCCCCC(CC(=O)Nc1cc(C(N)=O)ccc1C(C)(C)C)c1ccc(C(C)(C)O)cc1OC. The Hall–Kier alpha value is -2.86. The van der Waals surface area contributed by atoms with Crippen LogP contribution in [0.15, 0.2) is 36.4 Å². The molecule has 0 saturated carbocycles. The number of amides is 2. The molecule has 0 radical (unpaired) electrons. The van der Waals surface area contributed by atoms with Crippen LogP contribution in [0.1, 0.15) is 107 Å². The van der Waals surface area contributed by atoms with Gasteiger partial charge in [0.15, 0.2) is 0 Å². The number of methoxy groups -OCH3 is 1. The number of nitrogens with one attached hydrogen (secondary N) is 1. The highest BCUT2D eigenvalue weighted by Gasteiger charge is 2.25. The monoisotopic (exact) mass is 482 g/mol. The van der Waals surface area contributed by atoms with E-state index in [0.29, 0.717) is 17.0 Å². The van der Waals surface area contributed by atoms with Gasteiger partial charge in [0.25, 0.3) is 0 Å². The lowest BCUT2D eigenvalue weighted by molar-refractivity contribution is -0.116. The van der Waals surface area contributed by atoms with Crippen molar-refractivity contribution in [2.24, 2.45) is 5.73 Å². The average molecular weight is 483 g/mol. The van der Waals surface area contributed by atoms with Crippen LogP contribution in [-0.4, -0.2) is 24.0 Å². The number of carbonyl (C=O) groups is 2. The Morgan fingerprint density at radius 1 is 1.06 bits per heavy atom. The first-order valence-electron chi connectivity index (χ1n) is 12.4. The Bertz CT molecular complexity index is 1030. The van der Waals surface area contributed by atoms with Gasteiger partial charge in [-0.3, -0.25) is 9.59 Å². The molecule has 0 aliphatic rings. The van der Waals surface area contributed by atoms with Gasteiger partial charge in [0.1, 0.15) is 5.75 Å². The van der Waals surface area contributed by atoms with Gasteiger partial charge in [-0.2, -0.15) is 0 Å². The van der Waals surface area contributed by atoms with Crippen LogP contribution in [0.4, 0.5) is 5.69 Å². The number of anilines is 1. The lowest BCUT2D eigenvalue weighted by Crippen LogP contribution is -2.22. The zero-order valence-corrected chi connectivity index (χ0v) is 22.3. The molecule has 4 N–H and O–H groups in total. The zero-order chi connectivity index (χ0) is 26.4. The highest BCUT2D eigenvalue weighted by molar-refractivity contribution is 5.97. The maximum Gasteiger partial charge on any atom is 0.248 e. The van der Waals surface area contributed by atoms with Gasteiger partial charge < -0.3 is 20.9 Å². The second kappa shape index (κ2) is 11.7. The fraction of sp³-hybridized carbons (Fsp3) is 0.517. The number of aliphatic hydroxyl groups is 1. The maximum atomic E-state index is 13.3. The first-order valence-corrected chi connectivity index (χ1v) is 12.4. The van der Waals surface area contributed by atoms with Crippen LogP contribution in [0.2, 0.25) is 0 Å². The highest BCUT2D eigenvalue weighted by Crippen LogP contribution is 2.37. The standard InChI is InChI=1S/C29H42N2O4/c1-8-9-10-11-19(22-14-13-21(29(5,6)34)18-25(22)35-7)17-26(32)31-24-16-20(27(30)33)12-15-23(24)28(2,3)4/h12-16,18-19,34H,8-11,17H2,1-7H3,(H2,30,33)(H,31,32). The summed E-state index contributed by atoms with van der Waals surface area (Å²) in [5, 5.41) is 13.5. The second-order valence-electron chi connectivity index (χ2n) is 10.8. The van der Waals surface area contributed by atoms with Gasteiger partial charge in [0, 0.05) is 17.7 Å². The molecule has 0 bridgehead atoms. The van der Waals surface area contributed by atoms with Gasteiger partial charge >= 0.3 is 0 Å². The Morgan fingerprint density at radius 3 is 2.29 bits per heavy atom. The van der Waals surface area contributed by atoms with Gasteiger partial charge in [-0.1, -0.05) is 65.2 Å². The number of primary amides is 1. The van der Waals surface area contributed by atoms with Crippen molar-refractivity contribution in [2.75, 3.05) is 12.4 Å². The molecule has 2 rings (SSSR count). The van der Waals surface area contributed by atoms with Gasteiger partial charge in [-0.25, -0.2) is 0 Å². The summed E-state index contributed by atoms with van der Waals surface area (Å²) in [5.41, 5.74) is 7.88. The molecule has 2 aromatic carbocycles. The molecule has 0 aliphatic heterocycles. The van der Waals surface area contributed by atoms with E-state index in [4.69, 9.17) is 10.5 Å². The molecule has 0 aromatic heterocycles. The molecule has 0 aliphatic carbocycles. The molecule has 0 spiro atoms.